The van der Waals surface area contributed by atoms with E-state index in [1.165, 1.54) is 77.0 Å². The first-order chi connectivity index (χ1) is 17.1. The fraction of sp³-hybridized carbons (Fsp3) is 0.963. The van der Waals surface area contributed by atoms with Crippen LogP contribution in [0, 0.1) is 0 Å². The molecular weight excluding hydrogens is 467 g/mol. The molecule has 0 aromatic rings. The average molecular weight is 523 g/mol. The van der Waals surface area contributed by atoms with Gasteiger partial charge in [-0.05, 0) is 25.7 Å². The smallest absolute Gasteiger partial charge is 0.379 e. The second kappa shape index (κ2) is 26.8. The van der Waals surface area contributed by atoms with Crippen molar-refractivity contribution in [2.24, 2.45) is 0 Å². The summed E-state index contributed by atoms with van der Waals surface area (Å²) in [7, 11) is -4.07. The van der Waals surface area contributed by atoms with Crippen LogP contribution in [0.3, 0.4) is 0 Å². The molecule has 0 fully saturated rings. The van der Waals surface area contributed by atoms with Gasteiger partial charge in [-0.3, -0.25) is 9.05 Å². The van der Waals surface area contributed by atoms with Gasteiger partial charge in [-0.1, -0.05) is 97.3 Å². The summed E-state index contributed by atoms with van der Waals surface area (Å²) in [6.45, 7) is 5.63. The quantitative estimate of drug-likeness (QED) is 0.0609. The lowest BCUT2D eigenvalue weighted by molar-refractivity contribution is -0.108. The molecule has 8 heteroatoms. The number of unbranched alkanes of at least 4 members (excludes halogenated alkanes) is 15. The molecule has 0 saturated heterocycles. The van der Waals surface area contributed by atoms with Gasteiger partial charge in [0.1, 0.15) is 12.4 Å². The first kappa shape index (κ1) is 34.7. The van der Waals surface area contributed by atoms with Crippen LogP contribution in [0.5, 0.6) is 0 Å². The molecule has 0 spiro atoms. The summed E-state index contributed by atoms with van der Waals surface area (Å²) in [5, 5.41) is 0. The maximum atomic E-state index is 11.9. The molecule has 0 saturated carbocycles. The Hall–Kier alpha value is -0.300. The van der Waals surface area contributed by atoms with Crippen LogP contribution in [-0.2, 0) is 27.9 Å². The van der Waals surface area contributed by atoms with Gasteiger partial charge in [-0.25, -0.2) is 4.57 Å². The molecule has 35 heavy (non-hydrogen) atoms. The van der Waals surface area contributed by atoms with E-state index in [2.05, 4.69) is 6.92 Å². The first-order valence-corrected chi connectivity index (χ1v) is 15.8. The highest BCUT2D eigenvalue weighted by Gasteiger charge is 2.23. The maximum absolute atomic E-state index is 11.9. The molecular formula is C27H55O7P. The Morgan fingerprint density at radius 3 is 1.74 bits per heavy atom. The highest BCUT2D eigenvalue weighted by molar-refractivity contribution is 7.47. The van der Waals surface area contributed by atoms with Gasteiger partial charge in [0.2, 0.25) is 0 Å². The number of phosphoric ester groups is 1. The average Bonchev–Trinajstić information content (AvgIpc) is 2.85. The van der Waals surface area contributed by atoms with Gasteiger partial charge in [-0.2, -0.15) is 0 Å². The molecule has 0 aromatic carbocycles. The molecule has 0 radical (unpaired) electrons. The van der Waals surface area contributed by atoms with Gasteiger partial charge >= 0.3 is 7.82 Å². The van der Waals surface area contributed by atoms with E-state index in [4.69, 9.17) is 18.5 Å². The van der Waals surface area contributed by atoms with Gasteiger partial charge in [0.15, 0.2) is 0 Å². The third-order valence-electron chi connectivity index (χ3n) is 5.90. The van der Waals surface area contributed by atoms with Crippen LogP contribution in [0.15, 0.2) is 0 Å². The van der Waals surface area contributed by atoms with E-state index in [9.17, 15) is 14.3 Å². The zero-order valence-electron chi connectivity index (χ0n) is 22.8. The lowest BCUT2D eigenvalue weighted by Crippen LogP contribution is -2.26. The maximum Gasteiger partial charge on any atom is 0.472 e. The molecule has 2 atom stereocenters. The summed E-state index contributed by atoms with van der Waals surface area (Å²) in [5.41, 5.74) is 0. The van der Waals surface area contributed by atoms with Crippen molar-refractivity contribution in [1.29, 1.82) is 0 Å². The van der Waals surface area contributed by atoms with Gasteiger partial charge in [0.25, 0.3) is 0 Å². The molecule has 0 rings (SSSR count). The SMILES string of the molecule is CCCCCCCCCCCCCCCCOCC(COP(=O)(O)OCCC)OCCCCC=O. The van der Waals surface area contributed by atoms with Crippen LogP contribution in [-0.4, -0.2) is 50.3 Å². The van der Waals surface area contributed by atoms with Crippen molar-refractivity contribution in [2.45, 2.75) is 136 Å². The Kier molecular flexibility index (Phi) is 26.5. The molecule has 1 N–H and O–H groups in total. The molecule has 0 aliphatic carbocycles. The summed E-state index contributed by atoms with van der Waals surface area (Å²) < 4.78 is 33.4. The van der Waals surface area contributed by atoms with Crippen LogP contribution in [0.2, 0.25) is 0 Å². The minimum Gasteiger partial charge on any atom is -0.379 e. The molecule has 7 nitrogen and oxygen atoms in total. The summed E-state index contributed by atoms with van der Waals surface area (Å²) in [6.07, 6.45) is 21.6. The Morgan fingerprint density at radius 1 is 0.657 bits per heavy atom. The van der Waals surface area contributed by atoms with E-state index in [-0.39, 0.29) is 13.2 Å². The summed E-state index contributed by atoms with van der Waals surface area (Å²) in [4.78, 5) is 20.1. The molecule has 2 unspecified atom stereocenters. The van der Waals surface area contributed by atoms with Crippen molar-refractivity contribution in [2.75, 3.05) is 33.0 Å². The normalized spacial score (nSPS) is 14.1. The largest absolute Gasteiger partial charge is 0.472 e. The van der Waals surface area contributed by atoms with Gasteiger partial charge in [0, 0.05) is 19.6 Å². The van der Waals surface area contributed by atoms with Crippen molar-refractivity contribution >= 4 is 14.1 Å². The highest BCUT2D eigenvalue weighted by Crippen LogP contribution is 2.43. The van der Waals surface area contributed by atoms with Crippen LogP contribution < -0.4 is 0 Å². The molecule has 0 aliphatic rings. The molecule has 0 aromatic heterocycles. The fourth-order valence-corrected chi connectivity index (χ4v) is 4.60. The van der Waals surface area contributed by atoms with Crippen molar-refractivity contribution in [3.05, 3.63) is 0 Å². The van der Waals surface area contributed by atoms with Crippen LogP contribution in [0.4, 0.5) is 0 Å². The molecule has 0 heterocycles. The van der Waals surface area contributed by atoms with E-state index in [1.807, 2.05) is 6.92 Å². The third-order valence-corrected chi connectivity index (χ3v) is 6.88. The standard InChI is InChI=1S/C27H55O7P/c1-3-5-6-7-8-9-10-11-12-13-14-15-16-19-23-31-25-27(32-24-20-17-18-21-28)26-34-35(29,30)33-22-4-2/h21,27H,3-20,22-26H2,1-2H3,(H,29,30). The topological polar surface area (TPSA) is 91.3 Å². The molecule has 210 valence electrons. The van der Waals surface area contributed by atoms with Crippen LogP contribution in [0.25, 0.3) is 0 Å². The second-order valence-corrected chi connectivity index (χ2v) is 10.9. The third kappa shape index (κ3) is 26.6. The first-order valence-electron chi connectivity index (χ1n) is 14.3. The Labute approximate surface area is 215 Å². The van der Waals surface area contributed by atoms with E-state index < -0.39 is 13.9 Å². The molecule has 0 bridgehead atoms. The minimum atomic E-state index is -4.07. The lowest BCUT2D eigenvalue weighted by Gasteiger charge is -2.20. The van der Waals surface area contributed by atoms with Crippen molar-refractivity contribution in [3.8, 4) is 0 Å². The van der Waals surface area contributed by atoms with E-state index >= 15 is 0 Å². The Bertz CT molecular complexity index is 490. The van der Waals surface area contributed by atoms with Crippen LogP contribution in [0.1, 0.15) is 129 Å². The number of phosphoric acid groups is 1. The highest BCUT2D eigenvalue weighted by atomic mass is 31.2. The zero-order chi connectivity index (χ0) is 25.9. The predicted molar refractivity (Wildman–Crippen MR) is 143 cm³/mol. The Balaban J connectivity index is 3.79. The van der Waals surface area contributed by atoms with E-state index in [0.717, 1.165) is 32.0 Å². The number of hydrogen-bond acceptors (Lipinski definition) is 6. The minimum absolute atomic E-state index is 0.0656. The zero-order valence-corrected chi connectivity index (χ0v) is 23.7. The second-order valence-electron chi connectivity index (χ2n) is 9.42. The monoisotopic (exact) mass is 522 g/mol. The summed E-state index contributed by atoms with van der Waals surface area (Å²) in [5.74, 6) is 0. The number of ether oxygens (including phenoxy) is 2. The van der Waals surface area contributed by atoms with Crippen LogP contribution >= 0.6 is 7.82 Å². The summed E-state index contributed by atoms with van der Waals surface area (Å²) >= 11 is 0. The summed E-state index contributed by atoms with van der Waals surface area (Å²) in [6, 6.07) is 0. The van der Waals surface area contributed by atoms with Gasteiger partial charge in [0.05, 0.1) is 19.8 Å². The van der Waals surface area contributed by atoms with Gasteiger partial charge in [-0.15, -0.1) is 0 Å². The van der Waals surface area contributed by atoms with Gasteiger partial charge < -0.3 is 19.2 Å². The molecule has 0 amide bonds. The Morgan fingerprint density at radius 2 is 1.20 bits per heavy atom. The van der Waals surface area contributed by atoms with Crippen molar-refractivity contribution in [1.82, 2.24) is 0 Å². The molecule has 0 aliphatic heterocycles. The number of aldehydes is 1. The van der Waals surface area contributed by atoms with E-state index in [0.29, 0.717) is 32.7 Å². The van der Waals surface area contributed by atoms with Crippen molar-refractivity contribution < 1.29 is 32.8 Å². The number of hydrogen-bond donors (Lipinski definition) is 1. The number of carbonyl (C=O) groups is 1. The predicted octanol–water partition coefficient (Wildman–Crippen LogP) is 7.78. The number of rotatable bonds is 29. The van der Waals surface area contributed by atoms with E-state index in [1.54, 1.807) is 0 Å². The van der Waals surface area contributed by atoms with Crippen molar-refractivity contribution in [3.63, 3.8) is 0 Å². The fourth-order valence-electron chi connectivity index (χ4n) is 3.76. The lowest BCUT2D eigenvalue weighted by atomic mass is 10.0. The number of carbonyl (C=O) groups excluding carboxylic acids is 1.